The molecule has 0 radical (unpaired) electrons. The van der Waals surface area contributed by atoms with Gasteiger partial charge >= 0.3 is 0 Å². The van der Waals surface area contributed by atoms with Gasteiger partial charge in [0.1, 0.15) is 5.75 Å². The van der Waals surface area contributed by atoms with E-state index in [1.54, 1.807) is 7.11 Å². The summed E-state index contributed by atoms with van der Waals surface area (Å²) >= 11 is 0. The predicted molar refractivity (Wildman–Crippen MR) is 87.9 cm³/mol. The standard InChI is InChI=1S/C18H29NO2/c1-13(2)14-9-10-17(20)15(11-14)12-19(3)16-7-5-6-8-18(16)21-4/h5-8,13-15,17,20H,9-12H2,1-4H3. The molecular weight excluding hydrogens is 262 g/mol. The molecule has 1 aromatic carbocycles. The van der Waals surface area contributed by atoms with Gasteiger partial charge in [-0.05, 0) is 43.2 Å². The fourth-order valence-electron chi connectivity index (χ4n) is 3.48. The van der Waals surface area contributed by atoms with Crippen LogP contribution in [0.3, 0.4) is 0 Å². The fraction of sp³-hybridized carbons (Fsp3) is 0.667. The Morgan fingerprint density at radius 2 is 2.00 bits per heavy atom. The van der Waals surface area contributed by atoms with Crippen LogP contribution < -0.4 is 9.64 Å². The van der Waals surface area contributed by atoms with Crippen molar-refractivity contribution in [1.29, 1.82) is 0 Å². The van der Waals surface area contributed by atoms with E-state index in [0.717, 1.165) is 43.2 Å². The monoisotopic (exact) mass is 291 g/mol. The smallest absolute Gasteiger partial charge is 0.142 e. The van der Waals surface area contributed by atoms with E-state index in [4.69, 9.17) is 4.74 Å². The van der Waals surface area contributed by atoms with Crippen molar-refractivity contribution >= 4 is 5.69 Å². The molecule has 0 amide bonds. The summed E-state index contributed by atoms with van der Waals surface area (Å²) in [6.07, 6.45) is 3.05. The first-order chi connectivity index (χ1) is 10.0. The van der Waals surface area contributed by atoms with Gasteiger partial charge in [0.15, 0.2) is 0 Å². The van der Waals surface area contributed by atoms with Crippen molar-refractivity contribution in [1.82, 2.24) is 0 Å². The number of rotatable bonds is 5. The number of aliphatic hydroxyl groups excluding tert-OH is 1. The lowest BCUT2D eigenvalue weighted by Crippen LogP contribution is -2.38. The molecule has 1 aromatic rings. The number of nitrogens with zero attached hydrogens (tertiary/aromatic N) is 1. The van der Waals surface area contributed by atoms with Crippen LogP contribution in [0.4, 0.5) is 5.69 Å². The van der Waals surface area contributed by atoms with Gasteiger partial charge in [-0.2, -0.15) is 0 Å². The maximum atomic E-state index is 10.3. The second-order valence-corrected chi connectivity index (χ2v) is 6.70. The molecule has 3 heteroatoms. The number of benzene rings is 1. The van der Waals surface area contributed by atoms with Crippen LogP contribution in [0, 0.1) is 17.8 Å². The van der Waals surface area contributed by atoms with E-state index in [1.165, 1.54) is 0 Å². The highest BCUT2D eigenvalue weighted by Crippen LogP contribution is 2.36. The summed E-state index contributed by atoms with van der Waals surface area (Å²) < 4.78 is 5.44. The average molecular weight is 291 g/mol. The number of aliphatic hydroxyl groups is 1. The number of hydrogen-bond donors (Lipinski definition) is 1. The summed E-state index contributed by atoms with van der Waals surface area (Å²) in [5, 5.41) is 10.3. The average Bonchev–Trinajstić information content (AvgIpc) is 2.49. The van der Waals surface area contributed by atoms with Gasteiger partial charge in [0.25, 0.3) is 0 Å². The Hall–Kier alpha value is -1.22. The lowest BCUT2D eigenvalue weighted by atomic mass is 9.74. The van der Waals surface area contributed by atoms with Gasteiger partial charge in [0, 0.05) is 19.5 Å². The highest BCUT2D eigenvalue weighted by molar-refractivity contribution is 5.57. The minimum atomic E-state index is -0.169. The number of para-hydroxylation sites is 2. The van der Waals surface area contributed by atoms with E-state index in [9.17, 15) is 5.11 Å². The summed E-state index contributed by atoms with van der Waals surface area (Å²) in [5.74, 6) is 2.69. The topological polar surface area (TPSA) is 32.7 Å². The Kier molecular flexibility index (Phi) is 5.51. The molecule has 1 aliphatic rings. The van der Waals surface area contributed by atoms with Gasteiger partial charge in [-0.15, -0.1) is 0 Å². The van der Waals surface area contributed by atoms with Gasteiger partial charge in [0.05, 0.1) is 18.9 Å². The van der Waals surface area contributed by atoms with Crippen LogP contribution in [0.2, 0.25) is 0 Å². The molecule has 118 valence electrons. The summed E-state index contributed by atoms with van der Waals surface area (Å²) in [4.78, 5) is 2.22. The Balaban J connectivity index is 2.05. The molecule has 0 bridgehead atoms. The zero-order chi connectivity index (χ0) is 15.4. The second kappa shape index (κ2) is 7.17. The van der Waals surface area contributed by atoms with Crippen molar-refractivity contribution in [3.05, 3.63) is 24.3 Å². The van der Waals surface area contributed by atoms with Gasteiger partial charge in [-0.3, -0.25) is 0 Å². The van der Waals surface area contributed by atoms with Gasteiger partial charge < -0.3 is 14.7 Å². The Morgan fingerprint density at radius 3 is 2.67 bits per heavy atom. The maximum absolute atomic E-state index is 10.3. The maximum Gasteiger partial charge on any atom is 0.142 e. The van der Waals surface area contributed by atoms with E-state index in [-0.39, 0.29) is 6.10 Å². The number of anilines is 1. The number of ether oxygens (including phenoxy) is 1. The molecule has 1 fully saturated rings. The molecular formula is C18H29NO2. The first kappa shape index (κ1) is 16.2. The Morgan fingerprint density at radius 1 is 1.29 bits per heavy atom. The van der Waals surface area contributed by atoms with Gasteiger partial charge in [-0.1, -0.05) is 26.0 Å². The molecule has 2 rings (SSSR count). The highest BCUT2D eigenvalue weighted by Gasteiger charge is 2.31. The minimum absolute atomic E-state index is 0.169. The van der Waals surface area contributed by atoms with Crippen molar-refractivity contribution < 1.29 is 9.84 Å². The molecule has 0 saturated heterocycles. The number of hydrogen-bond acceptors (Lipinski definition) is 3. The summed E-state index contributed by atoms with van der Waals surface area (Å²) in [6.45, 7) is 5.47. The molecule has 0 heterocycles. The molecule has 1 aliphatic carbocycles. The Labute approximate surface area is 128 Å². The van der Waals surface area contributed by atoms with Crippen molar-refractivity contribution in [3.63, 3.8) is 0 Å². The normalized spacial score (nSPS) is 25.9. The molecule has 0 spiro atoms. The van der Waals surface area contributed by atoms with E-state index in [2.05, 4.69) is 31.9 Å². The van der Waals surface area contributed by atoms with Gasteiger partial charge in [-0.25, -0.2) is 0 Å². The van der Waals surface area contributed by atoms with E-state index in [1.807, 2.05) is 18.2 Å². The molecule has 3 atom stereocenters. The molecule has 1 N–H and O–H groups in total. The molecule has 0 aromatic heterocycles. The van der Waals surface area contributed by atoms with Crippen molar-refractivity contribution in [2.75, 3.05) is 25.6 Å². The SMILES string of the molecule is COc1ccccc1N(C)CC1CC(C(C)C)CCC1O. The zero-order valence-electron chi connectivity index (χ0n) is 13.7. The molecule has 21 heavy (non-hydrogen) atoms. The van der Waals surface area contributed by atoms with Crippen molar-refractivity contribution in [2.45, 2.75) is 39.2 Å². The Bertz CT molecular complexity index is 447. The largest absolute Gasteiger partial charge is 0.495 e. The number of methoxy groups -OCH3 is 1. The zero-order valence-corrected chi connectivity index (χ0v) is 13.7. The molecule has 3 nitrogen and oxygen atoms in total. The highest BCUT2D eigenvalue weighted by atomic mass is 16.5. The van der Waals surface area contributed by atoms with Crippen LogP contribution >= 0.6 is 0 Å². The van der Waals surface area contributed by atoms with Crippen LogP contribution in [0.5, 0.6) is 5.75 Å². The summed E-state index contributed by atoms with van der Waals surface area (Å²) in [5.41, 5.74) is 1.10. The third-order valence-electron chi connectivity index (χ3n) is 4.93. The van der Waals surface area contributed by atoms with Crippen LogP contribution in [-0.2, 0) is 0 Å². The predicted octanol–water partition coefficient (Wildman–Crippen LogP) is 3.56. The van der Waals surface area contributed by atoms with E-state index >= 15 is 0 Å². The second-order valence-electron chi connectivity index (χ2n) is 6.70. The lowest BCUT2D eigenvalue weighted by molar-refractivity contribution is 0.0413. The van der Waals surface area contributed by atoms with E-state index in [0.29, 0.717) is 11.8 Å². The molecule has 1 saturated carbocycles. The molecule has 3 unspecified atom stereocenters. The van der Waals surface area contributed by atoms with Gasteiger partial charge in [0.2, 0.25) is 0 Å². The summed E-state index contributed by atoms with van der Waals surface area (Å²) in [7, 11) is 3.79. The first-order valence-corrected chi connectivity index (χ1v) is 8.05. The van der Waals surface area contributed by atoms with Crippen molar-refractivity contribution in [2.24, 2.45) is 17.8 Å². The lowest BCUT2D eigenvalue weighted by Gasteiger charge is -2.37. The third kappa shape index (κ3) is 3.91. The first-order valence-electron chi connectivity index (χ1n) is 8.05. The minimum Gasteiger partial charge on any atom is -0.495 e. The third-order valence-corrected chi connectivity index (χ3v) is 4.93. The quantitative estimate of drug-likeness (QED) is 0.900. The van der Waals surface area contributed by atoms with Crippen molar-refractivity contribution in [3.8, 4) is 5.75 Å². The van der Waals surface area contributed by atoms with Crippen LogP contribution in [-0.4, -0.2) is 31.9 Å². The molecule has 0 aliphatic heterocycles. The van der Waals surface area contributed by atoms with Crippen LogP contribution in [0.1, 0.15) is 33.1 Å². The fourth-order valence-corrected chi connectivity index (χ4v) is 3.48. The summed E-state index contributed by atoms with van der Waals surface area (Å²) in [6, 6.07) is 8.08. The van der Waals surface area contributed by atoms with E-state index < -0.39 is 0 Å². The van der Waals surface area contributed by atoms with Crippen LogP contribution in [0.15, 0.2) is 24.3 Å². The van der Waals surface area contributed by atoms with Crippen LogP contribution in [0.25, 0.3) is 0 Å².